The number of rotatable bonds is 2. The Kier molecular flexibility index (Phi) is 3.27. The van der Waals surface area contributed by atoms with E-state index in [1.807, 2.05) is 0 Å². The lowest BCUT2D eigenvalue weighted by molar-refractivity contribution is 0.145. The van der Waals surface area contributed by atoms with Crippen molar-refractivity contribution in [3.05, 3.63) is 27.7 Å². The number of hydrogen-bond donors (Lipinski definition) is 1. The molecule has 13 heavy (non-hydrogen) atoms. The third-order valence-corrected chi connectivity index (χ3v) is 2.29. The van der Waals surface area contributed by atoms with Crippen molar-refractivity contribution in [3.8, 4) is 0 Å². The van der Waals surface area contributed by atoms with Crippen molar-refractivity contribution < 1.29 is 13.2 Å². The van der Waals surface area contributed by atoms with Gasteiger partial charge in [0.2, 0.25) is 0 Å². The first-order valence-corrected chi connectivity index (χ1v) is 4.18. The maximum Gasteiger partial charge on any atom is 0.268 e. The van der Waals surface area contributed by atoms with Crippen LogP contribution in [0.4, 0.5) is 13.2 Å². The highest BCUT2D eigenvalue weighted by Gasteiger charge is 2.18. The molecule has 0 aliphatic heterocycles. The van der Waals surface area contributed by atoms with Gasteiger partial charge in [-0.25, -0.2) is 13.2 Å². The summed E-state index contributed by atoms with van der Waals surface area (Å²) in [6.45, 7) is 0.00101. The standard InChI is InChI=1S/C7H6BrF3N2/c8-5-4(1-12)13-2-3(6(5)9)7(10)11/h2,7H,1,12H2. The summed E-state index contributed by atoms with van der Waals surface area (Å²) in [6, 6.07) is 0. The zero-order valence-corrected chi connectivity index (χ0v) is 7.98. The van der Waals surface area contributed by atoms with Crippen LogP contribution in [-0.2, 0) is 6.54 Å². The summed E-state index contributed by atoms with van der Waals surface area (Å²) in [5.74, 6) is -0.995. The normalized spacial score (nSPS) is 10.9. The lowest BCUT2D eigenvalue weighted by Gasteiger charge is -2.05. The van der Waals surface area contributed by atoms with E-state index in [4.69, 9.17) is 5.73 Å². The van der Waals surface area contributed by atoms with Gasteiger partial charge in [0, 0.05) is 12.7 Å². The third-order valence-electron chi connectivity index (χ3n) is 1.49. The lowest BCUT2D eigenvalue weighted by Crippen LogP contribution is -2.04. The van der Waals surface area contributed by atoms with Crippen LogP contribution < -0.4 is 5.73 Å². The molecule has 0 atom stereocenters. The maximum atomic E-state index is 13.1. The summed E-state index contributed by atoms with van der Waals surface area (Å²) in [5.41, 5.74) is 4.70. The van der Waals surface area contributed by atoms with E-state index in [1.54, 1.807) is 0 Å². The smallest absolute Gasteiger partial charge is 0.268 e. The van der Waals surface area contributed by atoms with Gasteiger partial charge in [0.1, 0.15) is 5.82 Å². The molecule has 0 unspecified atom stereocenters. The number of nitrogens with zero attached hydrogens (tertiary/aromatic N) is 1. The number of hydrogen-bond acceptors (Lipinski definition) is 2. The van der Waals surface area contributed by atoms with Gasteiger partial charge in [-0.05, 0) is 15.9 Å². The van der Waals surface area contributed by atoms with Crippen molar-refractivity contribution in [2.24, 2.45) is 5.73 Å². The Morgan fingerprint density at radius 2 is 2.15 bits per heavy atom. The van der Waals surface area contributed by atoms with E-state index in [9.17, 15) is 13.2 Å². The van der Waals surface area contributed by atoms with Crippen molar-refractivity contribution in [1.82, 2.24) is 4.98 Å². The lowest BCUT2D eigenvalue weighted by atomic mass is 10.2. The maximum absolute atomic E-state index is 13.1. The fourth-order valence-electron chi connectivity index (χ4n) is 0.809. The zero-order chi connectivity index (χ0) is 10.0. The van der Waals surface area contributed by atoms with Gasteiger partial charge in [-0.15, -0.1) is 0 Å². The summed E-state index contributed by atoms with van der Waals surface area (Å²) < 4.78 is 37.2. The predicted octanol–water partition coefficient (Wildman–Crippen LogP) is 2.38. The van der Waals surface area contributed by atoms with Crippen LogP contribution in [0.5, 0.6) is 0 Å². The molecule has 0 aromatic carbocycles. The fraction of sp³-hybridized carbons (Fsp3) is 0.286. The van der Waals surface area contributed by atoms with Crippen LogP contribution >= 0.6 is 15.9 Å². The van der Waals surface area contributed by atoms with Crippen LogP contribution in [0, 0.1) is 5.82 Å². The Morgan fingerprint density at radius 3 is 2.62 bits per heavy atom. The van der Waals surface area contributed by atoms with E-state index in [-0.39, 0.29) is 16.7 Å². The van der Waals surface area contributed by atoms with Crippen LogP contribution in [0.2, 0.25) is 0 Å². The molecule has 0 amide bonds. The molecule has 0 aliphatic carbocycles. The summed E-state index contributed by atoms with van der Waals surface area (Å²) in [4.78, 5) is 3.59. The number of alkyl halides is 2. The second-order valence-electron chi connectivity index (χ2n) is 2.29. The first-order chi connectivity index (χ1) is 6.07. The minimum Gasteiger partial charge on any atom is -0.325 e. The van der Waals surface area contributed by atoms with Gasteiger partial charge in [0.05, 0.1) is 15.7 Å². The summed E-state index contributed by atoms with van der Waals surface area (Å²) >= 11 is 2.81. The van der Waals surface area contributed by atoms with Crippen LogP contribution in [0.1, 0.15) is 17.7 Å². The van der Waals surface area contributed by atoms with Gasteiger partial charge in [-0.1, -0.05) is 0 Å². The van der Waals surface area contributed by atoms with Crippen molar-refractivity contribution in [3.63, 3.8) is 0 Å². The quantitative estimate of drug-likeness (QED) is 0.881. The highest BCUT2D eigenvalue weighted by atomic mass is 79.9. The predicted molar refractivity (Wildman–Crippen MR) is 44.7 cm³/mol. The largest absolute Gasteiger partial charge is 0.325 e. The second-order valence-corrected chi connectivity index (χ2v) is 3.09. The van der Waals surface area contributed by atoms with Gasteiger partial charge < -0.3 is 5.73 Å². The van der Waals surface area contributed by atoms with Gasteiger partial charge in [-0.3, -0.25) is 4.98 Å². The fourth-order valence-corrected chi connectivity index (χ4v) is 1.30. The second kappa shape index (κ2) is 4.06. The minimum absolute atomic E-state index is 0.00101. The molecule has 0 aliphatic rings. The molecule has 0 fully saturated rings. The number of nitrogens with two attached hydrogens (primary N) is 1. The van der Waals surface area contributed by atoms with E-state index in [0.717, 1.165) is 6.20 Å². The van der Waals surface area contributed by atoms with Crippen molar-refractivity contribution in [2.45, 2.75) is 13.0 Å². The van der Waals surface area contributed by atoms with Crippen molar-refractivity contribution in [2.75, 3.05) is 0 Å². The highest BCUT2D eigenvalue weighted by Crippen LogP contribution is 2.27. The van der Waals surface area contributed by atoms with E-state index >= 15 is 0 Å². The first-order valence-electron chi connectivity index (χ1n) is 3.39. The van der Waals surface area contributed by atoms with Crippen LogP contribution in [0.15, 0.2) is 10.7 Å². The van der Waals surface area contributed by atoms with E-state index in [1.165, 1.54) is 0 Å². The molecule has 72 valence electrons. The van der Waals surface area contributed by atoms with Crippen LogP contribution in [0.25, 0.3) is 0 Å². The van der Waals surface area contributed by atoms with Gasteiger partial charge in [-0.2, -0.15) is 0 Å². The molecule has 0 saturated carbocycles. The number of halogens is 4. The Morgan fingerprint density at radius 1 is 1.54 bits per heavy atom. The molecule has 2 nitrogen and oxygen atoms in total. The molecule has 1 heterocycles. The summed E-state index contributed by atoms with van der Waals surface area (Å²) in [5, 5.41) is 0. The summed E-state index contributed by atoms with van der Waals surface area (Å²) in [6.07, 6.45) is -2.07. The molecule has 0 saturated heterocycles. The van der Waals surface area contributed by atoms with Crippen LogP contribution in [0.3, 0.4) is 0 Å². The molecule has 2 N–H and O–H groups in total. The minimum atomic E-state index is -2.87. The number of aromatic nitrogens is 1. The van der Waals surface area contributed by atoms with E-state index in [2.05, 4.69) is 20.9 Å². The molecule has 1 aromatic rings. The third kappa shape index (κ3) is 2.00. The van der Waals surface area contributed by atoms with Crippen molar-refractivity contribution >= 4 is 15.9 Å². The van der Waals surface area contributed by atoms with Crippen LogP contribution in [-0.4, -0.2) is 4.98 Å². The Labute approximate surface area is 81.1 Å². The Balaban J connectivity index is 3.23. The molecule has 6 heteroatoms. The van der Waals surface area contributed by atoms with Gasteiger partial charge in [0.15, 0.2) is 0 Å². The number of pyridine rings is 1. The molecule has 0 bridgehead atoms. The van der Waals surface area contributed by atoms with E-state index in [0.29, 0.717) is 0 Å². The van der Waals surface area contributed by atoms with E-state index < -0.39 is 17.8 Å². The molecule has 0 spiro atoms. The average molecular weight is 255 g/mol. The van der Waals surface area contributed by atoms with Crippen molar-refractivity contribution in [1.29, 1.82) is 0 Å². The Bertz CT molecular complexity index is 317. The first kappa shape index (κ1) is 10.5. The monoisotopic (exact) mass is 254 g/mol. The summed E-state index contributed by atoms with van der Waals surface area (Å²) in [7, 11) is 0. The molecule has 0 radical (unpaired) electrons. The molecule has 1 aromatic heterocycles. The topological polar surface area (TPSA) is 38.9 Å². The molecular formula is C7H6BrF3N2. The van der Waals surface area contributed by atoms with Gasteiger partial charge >= 0.3 is 0 Å². The Hall–Kier alpha value is -0.620. The average Bonchev–Trinajstić information content (AvgIpc) is 2.09. The zero-order valence-electron chi connectivity index (χ0n) is 6.40. The SMILES string of the molecule is NCc1ncc(C(F)F)c(F)c1Br. The molecule has 1 rings (SSSR count). The highest BCUT2D eigenvalue weighted by molar-refractivity contribution is 9.10. The van der Waals surface area contributed by atoms with Gasteiger partial charge in [0.25, 0.3) is 6.43 Å². The molecular weight excluding hydrogens is 249 g/mol.